The highest BCUT2D eigenvalue weighted by Gasteiger charge is 2.31. The number of hydrogen-bond acceptors (Lipinski definition) is 2. The summed E-state index contributed by atoms with van der Waals surface area (Å²) in [6.07, 6.45) is 6.22. The van der Waals surface area contributed by atoms with Crippen molar-refractivity contribution in [3.05, 3.63) is 112 Å². The van der Waals surface area contributed by atoms with Gasteiger partial charge in [-0.1, -0.05) is 72.3 Å². The molecule has 0 fully saturated rings. The Morgan fingerprint density at radius 2 is 1.78 bits per heavy atom. The smallest absolute Gasteiger partial charge is 0.0886 e. The fourth-order valence-corrected chi connectivity index (χ4v) is 4.73. The van der Waals surface area contributed by atoms with Crippen molar-refractivity contribution in [1.29, 1.82) is 0 Å². The van der Waals surface area contributed by atoms with Crippen molar-refractivity contribution < 1.29 is 4.74 Å². The van der Waals surface area contributed by atoms with E-state index in [1.165, 1.54) is 16.7 Å². The van der Waals surface area contributed by atoms with Crippen LogP contribution in [0.2, 0.25) is 5.02 Å². The summed E-state index contributed by atoms with van der Waals surface area (Å²) in [4.78, 5) is 4.72. The summed E-state index contributed by atoms with van der Waals surface area (Å²) in [6.45, 7) is 4.34. The second kappa shape index (κ2) is 8.54. The van der Waals surface area contributed by atoms with E-state index in [0.29, 0.717) is 5.02 Å². The van der Waals surface area contributed by atoms with Crippen molar-refractivity contribution in [2.45, 2.75) is 38.4 Å². The third-order valence-corrected chi connectivity index (χ3v) is 6.42. The Labute approximate surface area is 194 Å². The van der Waals surface area contributed by atoms with E-state index in [4.69, 9.17) is 21.3 Å². The van der Waals surface area contributed by atoms with Crippen LogP contribution in [0.15, 0.2) is 78.9 Å². The van der Waals surface area contributed by atoms with Crippen LogP contribution in [0.25, 0.3) is 23.1 Å². The maximum absolute atomic E-state index is 6.64. The Morgan fingerprint density at radius 1 is 0.938 bits per heavy atom. The largest absolute Gasteiger partial charge is 0.363 e. The highest BCUT2D eigenvalue weighted by atomic mass is 35.5. The van der Waals surface area contributed by atoms with Crippen molar-refractivity contribution >= 4 is 34.7 Å². The van der Waals surface area contributed by atoms with Crippen LogP contribution in [0.4, 0.5) is 0 Å². The van der Waals surface area contributed by atoms with Gasteiger partial charge in [0.1, 0.15) is 0 Å². The molecule has 1 aromatic heterocycles. The highest BCUT2D eigenvalue weighted by molar-refractivity contribution is 6.31. The molecule has 0 saturated heterocycles. The number of benzene rings is 3. The van der Waals surface area contributed by atoms with Gasteiger partial charge in [-0.2, -0.15) is 0 Å². The Bertz CT molecular complexity index is 1310. The van der Waals surface area contributed by atoms with Gasteiger partial charge in [-0.3, -0.25) is 0 Å². The minimum Gasteiger partial charge on any atom is -0.363 e. The summed E-state index contributed by atoms with van der Waals surface area (Å²) in [5, 5.41) is 1.79. The quantitative estimate of drug-likeness (QED) is 0.322. The lowest BCUT2D eigenvalue weighted by Crippen LogP contribution is -2.23. The molecule has 2 heterocycles. The average Bonchev–Trinajstić information content (AvgIpc) is 2.93. The SMILES string of the molecule is CC1(C)OC(c2cccc(/C=C/c3ccc4ccc(Cl)cc4n3)c2)CCc2ccccc21. The van der Waals surface area contributed by atoms with Gasteiger partial charge in [0.2, 0.25) is 0 Å². The minimum absolute atomic E-state index is 0.0617. The Balaban J connectivity index is 1.39. The molecule has 0 saturated carbocycles. The summed E-state index contributed by atoms with van der Waals surface area (Å²) in [5.41, 5.74) is 6.53. The Kier molecular flexibility index (Phi) is 5.58. The molecule has 5 rings (SSSR count). The average molecular weight is 440 g/mol. The highest BCUT2D eigenvalue weighted by Crippen LogP contribution is 2.39. The first-order chi connectivity index (χ1) is 15.5. The summed E-state index contributed by atoms with van der Waals surface area (Å²) >= 11 is 6.13. The standard InChI is InChI=1S/C29H26ClNO/c1-29(2)26-9-4-3-7-21(26)13-17-28(32-29)23-8-5-6-20(18-23)10-15-25-16-12-22-11-14-24(30)19-27(22)31-25/h3-12,14-16,18-19,28H,13,17H2,1-2H3/b15-10+. The van der Waals surface area contributed by atoms with E-state index in [1.54, 1.807) is 0 Å². The molecule has 1 aliphatic rings. The molecule has 3 aromatic carbocycles. The van der Waals surface area contributed by atoms with Gasteiger partial charge >= 0.3 is 0 Å². The van der Waals surface area contributed by atoms with Crippen LogP contribution in [0.1, 0.15) is 54.3 Å². The number of hydrogen-bond donors (Lipinski definition) is 0. The predicted octanol–water partition coefficient (Wildman–Crippen LogP) is 8.00. The summed E-state index contributed by atoms with van der Waals surface area (Å²) in [7, 11) is 0. The third-order valence-electron chi connectivity index (χ3n) is 6.18. The molecule has 0 amide bonds. The zero-order valence-corrected chi connectivity index (χ0v) is 19.1. The minimum atomic E-state index is -0.320. The van der Waals surface area contributed by atoms with Gasteiger partial charge in [0.25, 0.3) is 0 Å². The molecule has 0 spiro atoms. The molecule has 1 atom stereocenters. The molecule has 0 bridgehead atoms. The molecule has 0 N–H and O–H groups in total. The first-order valence-electron chi connectivity index (χ1n) is 11.1. The first-order valence-corrected chi connectivity index (χ1v) is 11.5. The molecule has 2 nitrogen and oxygen atoms in total. The molecule has 32 heavy (non-hydrogen) atoms. The monoisotopic (exact) mass is 439 g/mol. The van der Waals surface area contributed by atoms with Gasteiger partial charge in [0, 0.05) is 10.4 Å². The number of aryl methyl sites for hydroxylation is 1. The van der Waals surface area contributed by atoms with Gasteiger partial charge in [0.05, 0.1) is 22.9 Å². The van der Waals surface area contributed by atoms with Crippen LogP contribution in [0.3, 0.4) is 0 Å². The number of nitrogens with zero attached hydrogens (tertiary/aromatic N) is 1. The van der Waals surface area contributed by atoms with Crippen LogP contribution < -0.4 is 0 Å². The van der Waals surface area contributed by atoms with Gasteiger partial charge in [-0.25, -0.2) is 4.98 Å². The van der Waals surface area contributed by atoms with E-state index < -0.39 is 0 Å². The van der Waals surface area contributed by atoms with Gasteiger partial charge in [-0.15, -0.1) is 0 Å². The molecule has 1 unspecified atom stereocenters. The second-order valence-corrected chi connectivity index (χ2v) is 9.33. The lowest BCUT2D eigenvalue weighted by molar-refractivity contribution is -0.0766. The maximum atomic E-state index is 6.64. The van der Waals surface area contributed by atoms with E-state index in [-0.39, 0.29) is 11.7 Å². The Morgan fingerprint density at radius 3 is 2.69 bits per heavy atom. The number of aromatic nitrogens is 1. The summed E-state index contributed by atoms with van der Waals surface area (Å²) in [6, 6.07) is 27.2. The second-order valence-electron chi connectivity index (χ2n) is 8.89. The first kappa shape index (κ1) is 20.9. The van der Waals surface area contributed by atoms with E-state index in [1.807, 2.05) is 30.3 Å². The predicted molar refractivity (Wildman–Crippen MR) is 134 cm³/mol. The van der Waals surface area contributed by atoms with Gasteiger partial charge in [-0.05, 0) is 79.3 Å². The van der Waals surface area contributed by atoms with E-state index in [0.717, 1.165) is 35.0 Å². The number of fused-ring (bicyclic) bond motifs is 2. The Hall–Kier alpha value is -2.94. The van der Waals surface area contributed by atoms with Crippen molar-refractivity contribution in [2.75, 3.05) is 0 Å². The number of halogens is 1. The van der Waals surface area contributed by atoms with Crippen molar-refractivity contribution in [1.82, 2.24) is 4.98 Å². The van der Waals surface area contributed by atoms with E-state index in [9.17, 15) is 0 Å². The summed E-state index contributed by atoms with van der Waals surface area (Å²) in [5.74, 6) is 0. The number of rotatable bonds is 3. The fraction of sp³-hybridized carbons (Fsp3) is 0.207. The van der Waals surface area contributed by atoms with Crippen molar-refractivity contribution in [3.63, 3.8) is 0 Å². The van der Waals surface area contributed by atoms with Crippen LogP contribution in [0, 0.1) is 0 Å². The van der Waals surface area contributed by atoms with E-state index >= 15 is 0 Å². The molecule has 0 aliphatic carbocycles. The third kappa shape index (κ3) is 4.34. The lowest BCUT2D eigenvalue weighted by Gasteiger charge is -2.30. The molecule has 1 aliphatic heterocycles. The van der Waals surface area contributed by atoms with Crippen LogP contribution in [-0.2, 0) is 16.8 Å². The molecule has 3 heteroatoms. The van der Waals surface area contributed by atoms with Crippen LogP contribution >= 0.6 is 11.6 Å². The zero-order chi connectivity index (χ0) is 22.1. The van der Waals surface area contributed by atoms with Crippen LogP contribution in [-0.4, -0.2) is 4.98 Å². The van der Waals surface area contributed by atoms with Crippen molar-refractivity contribution in [2.24, 2.45) is 0 Å². The summed E-state index contributed by atoms with van der Waals surface area (Å²) < 4.78 is 6.64. The van der Waals surface area contributed by atoms with Crippen molar-refractivity contribution in [3.8, 4) is 0 Å². The molecule has 0 radical (unpaired) electrons. The lowest BCUT2D eigenvalue weighted by atomic mass is 9.92. The van der Waals surface area contributed by atoms with Gasteiger partial charge < -0.3 is 4.74 Å². The normalized spacial score (nSPS) is 17.9. The number of ether oxygens (including phenoxy) is 1. The van der Waals surface area contributed by atoms with E-state index in [2.05, 4.69) is 74.5 Å². The number of pyridine rings is 1. The molecular formula is C29H26ClNO. The molecule has 160 valence electrons. The zero-order valence-electron chi connectivity index (χ0n) is 18.4. The van der Waals surface area contributed by atoms with Crippen LogP contribution in [0.5, 0.6) is 0 Å². The molecular weight excluding hydrogens is 414 g/mol. The molecule has 4 aromatic rings. The van der Waals surface area contributed by atoms with Gasteiger partial charge in [0.15, 0.2) is 0 Å². The fourth-order valence-electron chi connectivity index (χ4n) is 4.57. The maximum Gasteiger partial charge on any atom is 0.0886 e. The topological polar surface area (TPSA) is 22.1 Å².